The molecule has 2 atom stereocenters. The van der Waals surface area contributed by atoms with Crippen molar-refractivity contribution in [3.8, 4) is 0 Å². The predicted octanol–water partition coefficient (Wildman–Crippen LogP) is 1.98. The van der Waals surface area contributed by atoms with Crippen molar-refractivity contribution in [1.82, 2.24) is 5.32 Å². The third-order valence-corrected chi connectivity index (χ3v) is 4.26. The minimum Gasteiger partial charge on any atom is -0.392 e. The topological polar surface area (TPSA) is 49.3 Å². The van der Waals surface area contributed by atoms with Gasteiger partial charge in [0.25, 0.3) is 5.91 Å². The number of hydrogen-bond acceptors (Lipinski definition) is 3. The Hall–Kier alpha value is -0.870. The summed E-state index contributed by atoms with van der Waals surface area (Å²) in [6.07, 6.45) is 2.79. The van der Waals surface area contributed by atoms with Crippen molar-refractivity contribution < 1.29 is 9.90 Å². The normalized spacial score (nSPS) is 20.8. The van der Waals surface area contributed by atoms with Gasteiger partial charge in [-0.25, -0.2) is 0 Å². The van der Waals surface area contributed by atoms with Crippen molar-refractivity contribution in [2.45, 2.75) is 39.2 Å². The van der Waals surface area contributed by atoms with Gasteiger partial charge in [-0.1, -0.05) is 6.92 Å². The number of nitrogens with one attached hydrogen (secondary N) is 1. The third-order valence-electron chi connectivity index (χ3n) is 3.20. The molecule has 0 bridgehead atoms. The standard InChI is InChI=1S/C13H19NO2S/c1-8-3-4-10-11(7-17-12(10)5-8)13(16)14-6-9(2)15/h7-9,15H,3-6H2,1-2H3,(H,14,16)/t8?,9-/m0/s1. The summed E-state index contributed by atoms with van der Waals surface area (Å²) in [5.74, 6) is 0.687. The van der Waals surface area contributed by atoms with Gasteiger partial charge in [-0.3, -0.25) is 4.79 Å². The molecule has 1 unspecified atom stereocenters. The van der Waals surface area contributed by atoms with Gasteiger partial charge in [0, 0.05) is 16.8 Å². The Balaban J connectivity index is 2.09. The molecule has 94 valence electrons. The summed E-state index contributed by atoms with van der Waals surface area (Å²) in [4.78, 5) is 13.3. The van der Waals surface area contributed by atoms with Crippen LogP contribution in [-0.2, 0) is 12.8 Å². The van der Waals surface area contributed by atoms with Crippen LogP contribution in [0.3, 0.4) is 0 Å². The van der Waals surface area contributed by atoms with Gasteiger partial charge in [-0.2, -0.15) is 0 Å². The first-order valence-electron chi connectivity index (χ1n) is 6.13. The van der Waals surface area contributed by atoms with Gasteiger partial charge in [0.1, 0.15) is 0 Å². The van der Waals surface area contributed by atoms with E-state index in [0.717, 1.165) is 24.3 Å². The second-order valence-electron chi connectivity index (χ2n) is 4.96. The fourth-order valence-electron chi connectivity index (χ4n) is 2.20. The predicted molar refractivity (Wildman–Crippen MR) is 69.5 cm³/mol. The Morgan fingerprint density at radius 1 is 1.71 bits per heavy atom. The first-order chi connectivity index (χ1) is 8.08. The second kappa shape index (κ2) is 5.19. The molecule has 1 aliphatic rings. The number of hydrogen-bond donors (Lipinski definition) is 2. The number of rotatable bonds is 3. The maximum Gasteiger partial charge on any atom is 0.252 e. The minimum atomic E-state index is -0.492. The van der Waals surface area contributed by atoms with E-state index in [1.807, 2.05) is 5.38 Å². The summed E-state index contributed by atoms with van der Waals surface area (Å²) in [5.41, 5.74) is 2.05. The van der Waals surface area contributed by atoms with Gasteiger partial charge >= 0.3 is 0 Å². The van der Waals surface area contributed by atoms with Crippen LogP contribution in [0.4, 0.5) is 0 Å². The van der Waals surface area contributed by atoms with Gasteiger partial charge in [0.05, 0.1) is 11.7 Å². The molecule has 17 heavy (non-hydrogen) atoms. The number of thiophene rings is 1. The van der Waals surface area contributed by atoms with Gasteiger partial charge < -0.3 is 10.4 Å². The highest BCUT2D eigenvalue weighted by Crippen LogP contribution is 2.32. The van der Waals surface area contributed by atoms with Crippen LogP contribution in [0.5, 0.6) is 0 Å². The molecule has 2 N–H and O–H groups in total. The molecule has 2 rings (SSSR count). The molecule has 1 amide bonds. The quantitative estimate of drug-likeness (QED) is 0.865. The van der Waals surface area contributed by atoms with Crippen LogP contribution in [0.25, 0.3) is 0 Å². The lowest BCUT2D eigenvalue weighted by atomic mass is 9.88. The molecule has 4 heteroatoms. The Bertz CT molecular complexity index is 412. The maximum atomic E-state index is 11.9. The molecule has 1 aliphatic carbocycles. The number of amides is 1. The van der Waals surface area contributed by atoms with Gasteiger partial charge in [-0.15, -0.1) is 11.3 Å². The van der Waals surface area contributed by atoms with E-state index in [2.05, 4.69) is 12.2 Å². The molecule has 0 aliphatic heterocycles. The molecular weight excluding hydrogens is 234 g/mol. The molecule has 0 fully saturated rings. The zero-order valence-corrected chi connectivity index (χ0v) is 11.1. The molecule has 0 aromatic carbocycles. The van der Waals surface area contributed by atoms with Gasteiger partial charge in [0.2, 0.25) is 0 Å². The van der Waals surface area contributed by atoms with Crippen LogP contribution in [0.1, 0.15) is 41.1 Å². The van der Waals surface area contributed by atoms with Crippen LogP contribution in [0.2, 0.25) is 0 Å². The maximum absolute atomic E-state index is 11.9. The Morgan fingerprint density at radius 2 is 2.47 bits per heavy atom. The number of aliphatic hydroxyl groups is 1. The van der Waals surface area contributed by atoms with Crippen molar-refractivity contribution in [3.63, 3.8) is 0 Å². The molecule has 0 radical (unpaired) electrons. The number of fused-ring (bicyclic) bond motifs is 1. The lowest BCUT2D eigenvalue weighted by molar-refractivity contribution is 0.0923. The molecular formula is C13H19NO2S. The van der Waals surface area contributed by atoms with Crippen molar-refractivity contribution >= 4 is 17.2 Å². The van der Waals surface area contributed by atoms with Gasteiger partial charge in [-0.05, 0) is 37.7 Å². The fourth-order valence-corrected chi connectivity index (χ4v) is 3.45. The Kier molecular flexibility index (Phi) is 3.84. The summed E-state index contributed by atoms with van der Waals surface area (Å²) < 4.78 is 0. The largest absolute Gasteiger partial charge is 0.392 e. The summed E-state index contributed by atoms with van der Waals surface area (Å²) in [7, 11) is 0. The van der Waals surface area contributed by atoms with Crippen LogP contribution in [0.15, 0.2) is 5.38 Å². The van der Waals surface area contributed by atoms with E-state index >= 15 is 0 Å². The van der Waals surface area contributed by atoms with E-state index in [1.54, 1.807) is 18.3 Å². The highest BCUT2D eigenvalue weighted by Gasteiger charge is 2.22. The molecule has 1 aromatic heterocycles. The zero-order valence-electron chi connectivity index (χ0n) is 10.3. The Morgan fingerprint density at radius 3 is 3.18 bits per heavy atom. The van der Waals surface area contributed by atoms with Crippen molar-refractivity contribution in [1.29, 1.82) is 0 Å². The van der Waals surface area contributed by atoms with Crippen LogP contribution < -0.4 is 5.32 Å². The summed E-state index contributed by atoms with van der Waals surface area (Å²) in [6, 6.07) is 0. The Labute approximate surface area is 106 Å². The molecule has 0 saturated carbocycles. The zero-order chi connectivity index (χ0) is 12.4. The molecule has 1 heterocycles. The minimum absolute atomic E-state index is 0.0436. The molecule has 3 nitrogen and oxygen atoms in total. The van der Waals surface area contributed by atoms with E-state index in [0.29, 0.717) is 6.54 Å². The number of carbonyl (C=O) groups is 1. The smallest absolute Gasteiger partial charge is 0.252 e. The monoisotopic (exact) mass is 253 g/mol. The van der Waals surface area contributed by atoms with E-state index in [-0.39, 0.29) is 5.91 Å². The molecule has 0 saturated heterocycles. The van der Waals surface area contributed by atoms with Crippen molar-refractivity contribution in [3.05, 3.63) is 21.4 Å². The first-order valence-corrected chi connectivity index (χ1v) is 7.01. The second-order valence-corrected chi connectivity index (χ2v) is 5.92. The van der Waals surface area contributed by atoms with Crippen molar-refractivity contribution in [2.24, 2.45) is 5.92 Å². The SMILES string of the molecule is CC1CCc2c(C(=O)NC[C@H](C)O)csc2C1. The molecule has 0 spiro atoms. The number of aliphatic hydroxyl groups excluding tert-OH is 1. The lowest BCUT2D eigenvalue weighted by Crippen LogP contribution is -2.31. The van der Waals surface area contributed by atoms with Crippen LogP contribution >= 0.6 is 11.3 Å². The fraction of sp³-hybridized carbons (Fsp3) is 0.615. The van der Waals surface area contributed by atoms with Crippen molar-refractivity contribution in [2.75, 3.05) is 6.54 Å². The summed E-state index contributed by atoms with van der Waals surface area (Å²) in [6.45, 7) is 4.25. The van der Waals surface area contributed by atoms with Crippen LogP contribution in [-0.4, -0.2) is 23.7 Å². The van der Waals surface area contributed by atoms with E-state index < -0.39 is 6.10 Å². The lowest BCUT2D eigenvalue weighted by Gasteiger charge is -2.18. The highest BCUT2D eigenvalue weighted by atomic mass is 32.1. The first kappa shape index (κ1) is 12.6. The third kappa shape index (κ3) is 2.87. The van der Waals surface area contributed by atoms with E-state index in [4.69, 9.17) is 5.11 Å². The van der Waals surface area contributed by atoms with Crippen LogP contribution in [0, 0.1) is 5.92 Å². The summed E-state index contributed by atoms with van der Waals surface area (Å²) >= 11 is 1.69. The molecule has 1 aromatic rings. The average molecular weight is 253 g/mol. The van der Waals surface area contributed by atoms with E-state index in [1.165, 1.54) is 16.9 Å². The van der Waals surface area contributed by atoms with Gasteiger partial charge in [0.15, 0.2) is 0 Å². The van der Waals surface area contributed by atoms with E-state index in [9.17, 15) is 4.79 Å². The highest BCUT2D eigenvalue weighted by molar-refractivity contribution is 7.10. The number of carbonyl (C=O) groups excluding carboxylic acids is 1. The summed E-state index contributed by atoms with van der Waals surface area (Å²) in [5, 5.41) is 13.9. The average Bonchev–Trinajstić information content (AvgIpc) is 2.68.